The minimum atomic E-state index is -3.73. The van der Waals surface area contributed by atoms with Gasteiger partial charge in [0.1, 0.15) is 11.5 Å². The van der Waals surface area contributed by atoms with Gasteiger partial charge in [0.2, 0.25) is 0 Å². The molecule has 0 spiro atoms. The van der Waals surface area contributed by atoms with Gasteiger partial charge in [-0.15, -0.1) is 0 Å². The maximum absolute atomic E-state index is 12.5. The fourth-order valence-corrected chi connectivity index (χ4v) is 4.18. The van der Waals surface area contributed by atoms with Crippen molar-refractivity contribution in [2.24, 2.45) is 0 Å². The second-order valence-corrected chi connectivity index (χ2v) is 9.53. The lowest BCUT2D eigenvalue weighted by Gasteiger charge is -2.15. The third-order valence-corrected chi connectivity index (χ3v) is 6.52. The van der Waals surface area contributed by atoms with Gasteiger partial charge >= 0.3 is 0 Å². The summed E-state index contributed by atoms with van der Waals surface area (Å²) in [6, 6.07) is 19.9. The molecule has 0 aromatic heterocycles. The lowest BCUT2D eigenvalue weighted by molar-refractivity contribution is -0.123. The summed E-state index contributed by atoms with van der Waals surface area (Å²) < 4.78 is 39.0. The maximum atomic E-state index is 12.5. The summed E-state index contributed by atoms with van der Waals surface area (Å²) in [5, 5.41) is 2.86. The zero-order chi connectivity index (χ0) is 23.1. The van der Waals surface area contributed by atoms with E-state index in [0.29, 0.717) is 11.4 Å². The van der Waals surface area contributed by atoms with E-state index in [4.69, 9.17) is 9.47 Å². The Hall–Kier alpha value is -3.04. The fraction of sp³-hybridized carbons (Fsp3) is 0.174. The van der Waals surface area contributed by atoms with E-state index in [9.17, 15) is 13.2 Å². The topological polar surface area (TPSA) is 93.7 Å². The number of hydrogen-bond donors (Lipinski definition) is 2. The standard InChI is InChI=1S/C23H23BrN2O5S/c1-16(17-3-9-20(30-2)10-4-17)25-23(27)15-31-21-11-13-22(14-12-21)32(28,29)26-19-7-5-18(24)6-8-19/h3-14,16,26H,15H2,1-2H3,(H,25,27)/t16-/m1/s1. The van der Waals surface area contributed by atoms with Gasteiger partial charge in [-0.1, -0.05) is 28.1 Å². The van der Waals surface area contributed by atoms with Crippen molar-refractivity contribution >= 4 is 37.5 Å². The SMILES string of the molecule is COc1ccc([C@@H](C)NC(=O)COc2ccc(S(=O)(=O)Nc3ccc(Br)cc3)cc2)cc1. The van der Waals surface area contributed by atoms with Crippen molar-refractivity contribution < 1.29 is 22.7 Å². The van der Waals surface area contributed by atoms with Crippen molar-refractivity contribution in [2.75, 3.05) is 18.4 Å². The summed E-state index contributed by atoms with van der Waals surface area (Å²) in [5.41, 5.74) is 1.39. The molecule has 0 unspecified atom stereocenters. The number of rotatable bonds is 9. The van der Waals surface area contributed by atoms with Crippen molar-refractivity contribution in [1.29, 1.82) is 0 Å². The molecule has 3 aromatic carbocycles. The van der Waals surface area contributed by atoms with Gasteiger partial charge in [-0.25, -0.2) is 8.42 Å². The van der Waals surface area contributed by atoms with Crippen LogP contribution < -0.4 is 19.5 Å². The number of methoxy groups -OCH3 is 1. The van der Waals surface area contributed by atoms with Crippen molar-refractivity contribution in [3.05, 3.63) is 82.8 Å². The average Bonchev–Trinajstić information content (AvgIpc) is 2.79. The first-order chi connectivity index (χ1) is 15.3. The Morgan fingerprint density at radius 3 is 2.12 bits per heavy atom. The quantitative estimate of drug-likeness (QED) is 0.434. The van der Waals surface area contributed by atoms with Gasteiger partial charge in [-0.2, -0.15) is 0 Å². The minimum absolute atomic E-state index is 0.0883. The predicted octanol–water partition coefficient (Wildman–Crippen LogP) is 4.51. The van der Waals surface area contributed by atoms with Crippen LogP contribution in [0.15, 0.2) is 82.2 Å². The average molecular weight is 519 g/mol. The molecular weight excluding hydrogens is 496 g/mol. The Kier molecular flexibility index (Phi) is 7.76. The Balaban J connectivity index is 1.53. The van der Waals surface area contributed by atoms with Crippen molar-refractivity contribution in [3.8, 4) is 11.5 Å². The van der Waals surface area contributed by atoms with Crippen molar-refractivity contribution in [3.63, 3.8) is 0 Å². The Labute approximate surface area is 195 Å². The van der Waals surface area contributed by atoms with Crippen molar-refractivity contribution in [2.45, 2.75) is 17.9 Å². The number of benzene rings is 3. The molecule has 0 radical (unpaired) electrons. The monoisotopic (exact) mass is 518 g/mol. The molecule has 0 saturated heterocycles. The molecule has 32 heavy (non-hydrogen) atoms. The van der Waals surface area contributed by atoms with Crippen LogP contribution in [0.1, 0.15) is 18.5 Å². The fourth-order valence-electron chi connectivity index (χ4n) is 2.85. The molecule has 1 amide bonds. The third-order valence-electron chi connectivity index (χ3n) is 4.59. The van der Waals surface area contributed by atoms with E-state index in [-0.39, 0.29) is 23.5 Å². The van der Waals surface area contributed by atoms with Gasteiger partial charge in [-0.3, -0.25) is 9.52 Å². The third kappa shape index (κ3) is 6.48. The van der Waals surface area contributed by atoms with E-state index in [0.717, 1.165) is 15.8 Å². The summed E-state index contributed by atoms with van der Waals surface area (Å²) in [6.45, 7) is 1.68. The summed E-state index contributed by atoms with van der Waals surface area (Å²) in [5.74, 6) is 0.842. The number of ether oxygens (including phenoxy) is 2. The molecule has 0 fully saturated rings. The van der Waals surface area contributed by atoms with Gasteiger partial charge in [0.15, 0.2) is 6.61 Å². The lowest BCUT2D eigenvalue weighted by atomic mass is 10.1. The summed E-state index contributed by atoms with van der Waals surface area (Å²) in [6.07, 6.45) is 0. The second kappa shape index (κ2) is 10.5. The summed E-state index contributed by atoms with van der Waals surface area (Å²) in [4.78, 5) is 12.3. The smallest absolute Gasteiger partial charge is 0.261 e. The molecule has 1 atom stereocenters. The van der Waals surface area contributed by atoms with Crippen LogP contribution in [-0.2, 0) is 14.8 Å². The van der Waals surface area contributed by atoms with Crippen LogP contribution in [0.25, 0.3) is 0 Å². The molecule has 0 heterocycles. The second-order valence-electron chi connectivity index (χ2n) is 6.93. The van der Waals surface area contributed by atoms with Crippen LogP contribution >= 0.6 is 15.9 Å². The van der Waals surface area contributed by atoms with Crippen molar-refractivity contribution in [1.82, 2.24) is 5.32 Å². The number of nitrogens with one attached hydrogen (secondary N) is 2. The van der Waals surface area contributed by atoms with Crippen LogP contribution in [0.3, 0.4) is 0 Å². The molecule has 2 N–H and O–H groups in total. The van der Waals surface area contributed by atoms with Gasteiger partial charge < -0.3 is 14.8 Å². The number of hydrogen-bond acceptors (Lipinski definition) is 5. The van der Waals surface area contributed by atoms with Crippen LogP contribution in [0.4, 0.5) is 5.69 Å². The number of carbonyl (C=O) groups excluding carboxylic acids is 1. The summed E-state index contributed by atoms with van der Waals surface area (Å²) >= 11 is 3.31. The largest absolute Gasteiger partial charge is 0.497 e. The van der Waals surface area contributed by atoms with Gasteiger partial charge in [-0.05, 0) is 73.2 Å². The number of carbonyl (C=O) groups is 1. The highest BCUT2D eigenvalue weighted by Gasteiger charge is 2.15. The highest BCUT2D eigenvalue weighted by Crippen LogP contribution is 2.21. The van der Waals surface area contributed by atoms with E-state index < -0.39 is 10.0 Å². The number of amides is 1. The molecule has 0 saturated carbocycles. The Bertz CT molecular complexity index is 1150. The normalized spacial score (nSPS) is 12.0. The molecule has 0 aliphatic carbocycles. The van der Waals surface area contributed by atoms with Crippen LogP contribution in [0, 0.1) is 0 Å². The van der Waals surface area contributed by atoms with Crippen LogP contribution in [-0.4, -0.2) is 28.0 Å². The first-order valence-electron chi connectivity index (χ1n) is 9.71. The Morgan fingerprint density at radius 2 is 1.53 bits per heavy atom. The van der Waals surface area contributed by atoms with E-state index >= 15 is 0 Å². The summed E-state index contributed by atoms with van der Waals surface area (Å²) in [7, 11) is -2.14. The minimum Gasteiger partial charge on any atom is -0.497 e. The van der Waals surface area contributed by atoms with Gasteiger partial charge in [0.05, 0.1) is 18.0 Å². The van der Waals surface area contributed by atoms with E-state index in [1.54, 1.807) is 31.4 Å². The van der Waals surface area contributed by atoms with E-state index in [2.05, 4.69) is 26.0 Å². The highest BCUT2D eigenvalue weighted by molar-refractivity contribution is 9.10. The van der Waals surface area contributed by atoms with E-state index in [1.807, 2.05) is 31.2 Å². The molecule has 0 aliphatic heterocycles. The molecule has 9 heteroatoms. The zero-order valence-electron chi connectivity index (χ0n) is 17.5. The molecule has 0 aliphatic rings. The predicted molar refractivity (Wildman–Crippen MR) is 126 cm³/mol. The van der Waals surface area contributed by atoms with Crippen LogP contribution in [0.5, 0.6) is 11.5 Å². The molecule has 7 nitrogen and oxygen atoms in total. The molecular formula is C23H23BrN2O5S. The van der Waals surface area contributed by atoms with Crippen LogP contribution in [0.2, 0.25) is 0 Å². The molecule has 168 valence electrons. The molecule has 3 rings (SSSR count). The number of sulfonamides is 1. The van der Waals surface area contributed by atoms with Gasteiger partial charge in [0, 0.05) is 10.2 Å². The first-order valence-corrected chi connectivity index (χ1v) is 12.0. The highest BCUT2D eigenvalue weighted by atomic mass is 79.9. The Morgan fingerprint density at radius 1 is 0.938 bits per heavy atom. The number of anilines is 1. The molecule has 0 bridgehead atoms. The first kappa shape index (κ1) is 23.6. The van der Waals surface area contributed by atoms with Gasteiger partial charge in [0.25, 0.3) is 15.9 Å². The molecule has 3 aromatic rings. The van der Waals surface area contributed by atoms with E-state index in [1.165, 1.54) is 24.3 Å². The maximum Gasteiger partial charge on any atom is 0.261 e. The number of halogens is 1. The lowest BCUT2D eigenvalue weighted by Crippen LogP contribution is -2.31. The zero-order valence-corrected chi connectivity index (χ0v) is 19.9.